The maximum atomic E-state index is 10.4. The molecule has 0 aromatic rings. The van der Waals surface area contributed by atoms with Crippen LogP contribution in [0.5, 0.6) is 0 Å². The Morgan fingerprint density at radius 2 is 1.42 bits per heavy atom. The zero-order chi connectivity index (χ0) is 9.23. The molecule has 0 aliphatic heterocycles. The minimum Gasteiger partial charge on any atom is -0.295 e. The molecule has 1 heteroatoms. The summed E-state index contributed by atoms with van der Waals surface area (Å²) in [6.07, 6.45) is 14.7. The van der Waals surface area contributed by atoms with Crippen molar-refractivity contribution in [2.75, 3.05) is 0 Å². The minimum atomic E-state index is 0.0667. The van der Waals surface area contributed by atoms with Gasteiger partial charge < -0.3 is 0 Å². The molecule has 0 amide bonds. The molecule has 0 bridgehead atoms. The normalized spacial score (nSPS) is 12.8. The number of carbonyl (C=O) groups excluding carboxylic acids is 1. The van der Waals surface area contributed by atoms with Crippen molar-refractivity contribution in [2.45, 2.75) is 13.8 Å². The molecular formula is C11H14O. The van der Waals surface area contributed by atoms with Gasteiger partial charge in [-0.05, 0) is 19.9 Å². The van der Waals surface area contributed by atoms with Gasteiger partial charge >= 0.3 is 0 Å². The van der Waals surface area contributed by atoms with Crippen LogP contribution in [-0.2, 0) is 4.79 Å². The molecule has 0 aliphatic carbocycles. The molecule has 0 heterocycles. The lowest BCUT2D eigenvalue weighted by Gasteiger charge is -1.74. The Bertz CT molecular complexity index is 229. The van der Waals surface area contributed by atoms with Crippen molar-refractivity contribution in [1.29, 1.82) is 0 Å². The quantitative estimate of drug-likeness (QED) is 0.459. The molecule has 0 aliphatic rings. The first-order chi connectivity index (χ1) is 5.77. The number of allylic oxidation sites excluding steroid dienone is 8. The van der Waals surface area contributed by atoms with E-state index in [-0.39, 0.29) is 5.78 Å². The Kier molecular flexibility index (Phi) is 6.85. The van der Waals surface area contributed by atoms with Crippen LogP contribution in [0.1, 0.15) is 13.8 Å². The summed E-state index contributed by atoms with van der Waals surface area (Å²) in [5.74, 6) is 0.0667. The Labute approximate surface area is 73.8 Å². The number of carbonyl (C=O) groups is 1. The maximum Gasteiger partial charge on any atom is 0.152 e. The van der Waals surface area contributed by atoms with E-state index in [1.165, 1.54) is 13.0 Å². The van der Waals surface area contributed by atoms with E-state index in [0.29, 0.717) is 0 Å². The Morgan fingerprint density at radius 1 is 0.917 bits per heavy atom. The van der Waals surface area contributed by atoms with Gasteiger partial charge in [0.25, 0.3) is 0 Å². The molecule has 0 N–H and O–H groups in total. The standard InChI is InChI=1S/C11H14O/c1-3-4-5-6-7-8-9-10-11(2)12/h3-10H,1-2H3/b4-3+,6-5+,8-7+,10-9+. The third-order valence-corrected chi connectivity index (χ3v) is 1.08. The van der Waals surface area contributed by atoms with Gasteiger partial charge in [0.15, 0.2) is 5.78 Å². The van der Waals surface area contributed by atoms with Crippen molar-refractivity contribution in [3.8, 4) is 0 Å². The molecule has 64 valence electrons. The average molecular weight is 162 g/mol. The largest absolute Gasteiger partial charge is 0.295 e. The van der Waals surface area contributed by atoms with Crippen molar-refractivity contribution in [2.24, 2.45) is 0 Å². The van der Waals surface area contributed by atoms with E-state index < -0.39 is 0 Å². The van der Waals surface area contributed by atoms with E-state index in [0.717, 1.165) is 0 Å². The lowest BCUT2D eigenvalue weighted by molar-refractivity contribution is -0.112. The Morgan fingerprint density at radius 3 is 1.92 bits per heavy atom. The van der Waals surface area contributed by atoms with Crippen LogP contribution < -0.4 is 0 Å². The van der Waals surface area contributed by atoms with Gasteiger partial charge in [0.05, 0.1) is 0 Å². The zero-order valence-corrected chi connectivity index (χ0v) is 7.53. The fourth-order valence-electron chi connectivity index (χ4n) is 0.559. The second kappa shape index (κ2) is 7.73. The highest BCUT2D eigenvalue weighted by atomic mass is 16.1. The van der Waals surface area contributed by atoms with Crippen LogP contribution in [0.3, 0.4) is 0 Å². The highest BCUT2D eigenvalue weighted by molar-refractivity contribution is 5.87. The predicted octanol–water partition coefficient (Wildman–Crippen LogP) is 2.82. The van der Waals surface area contributed by atoms with Gasteiger partial charge in [-0.3, -0.25) is 4.79 Å². The summed E-state index contributed by atoms with van der Waals surface area (Å²) in [7, 11) is 0. The molecule has 0 spiro atoms. The van der Waals surface area contributed by atoms with E-state index in [4.69, 9.17) is 0 Å². The molecule has 0 fully saturated rings. The number of ketones is 1. The van der Waals surface area contributed by atoms with Gasteiger partial charge in [-0.15, -0.1) is 0 Å². The predicted molar refractivity (Wildman–Crippen MR) is 52.9 cm³/mol. The molecular weight excluding hydrogens is 148 g/mol. The monoisotopic (exact) mass is 162 g/mol. The van der Waals surface area contributed by atoms with Gasteiger partial charge in [-0.1, -0.05) is 42.5 Å². The fourth-order valence-corrected chi connectivity index (χ4v) is 0.559. The summed E-state index contributed by atoms with van der Waals surface area (Å²) in [6.45, 7) is 3.49. The van der Waals surface area contributed by atoms with Crippen LogP contribution in [0.4, 0.5) is 0 Å². The van der Waals surface area contributed by atoms with Crippen molar-refractivity contribution < 1.29 is 4.79 Å². The highest BCUT2D eigenvalue weighted by Gasteiger charge is 1.75. The fraction of sp³-hybridized carbons (Fsp3) is 0.182. The summed E-state index contributed by atoms with van der Waals surface area (Å²) in [4.78, 5) is 10.4. The zero-order valence-electron chi connectivity index (χ0n) is 7.53. The molecule has 0 saturated heterocycles. The van der Waals surface area contributed by atoms with E-state index in [9.17, 15) is 4.79 Å². The molecule has 0 radical (unpaired) electrons. The first-order valence-corrected chi connectivity index (χ1v) is 3.90. The topological polar surface area (TPSA) is 17.1 Å². The smallest absolute Gasteiger partial charge is 0.152 e. The van der Waals surface area contributed by atoms with Crippen LogP contribution in [0.15, 0.2) is 48.6 Å². The Balaban J connectivity index is 3.70. The van der Waals surface area contributed by atoms with Gasteiger partial charge in [0, 0.05) is 0 Å². The van der Waals surface area contributed by atoms with Crippen LogP contribution in [-0.4, -0.2) is 5.78 Å². The van der Waals surface area contributed by atoms with E-state index in [2.05, 4.69) is 0 Å². The van der Waals surface area contributed by atoms with Crippen molar-refractivity contribution in [3.05, 3.63) is 48.6 Å². The number of hydrogen-bond donors (Lipinski definition) is 0. The van der Waals surface area contributed by atoms with Crippen LogP contribution >= 0.6 is 0 Å². The molecule has 0 saturated carbocycles. The summed E-state index contributed by atoms with van der Waals surface area (Å²) in [6, 6.07) is 0. The molecule has 0 unspecified atom stereocenters. The maximum absolute atomic E-state index is 10.4. The van der Waals surface area contributed by atoms with Crippen LogP contribution in [0.2, 0.25) is 0 Å². The molecule has 0 aromatic heterocycles. The SMILES string of the molecule is C/C=C/C=C/C=C/C=C/C(C)=O. The first-order valence-electron chi connectivity index (χ1n) is 3.90. The highest BCUT2D eigenvalue weighted by Crippen LogP contribution is 1.82. The molecule has 0 aromatic carbocycles. The minimum absolute atomic E-state index is 0.0667. The Hall–Kier alpha value is -1.37. The summed E-state index contributed by atoms with van der Waals surface area (Å²) < 4.78 is 0. The first kappa shape index (κ1) is 10.6. The third kappa shape index (κ3) is 8.63. The lowest BCUT2D eigenvalue weighted by Crippen LogP contribution is -1.77. The van der Waals surface area contributed by atoms with Gasteiger partial charge in [-0.2, -0.15) is 0 Å². The molecule has 0 atom stereocenters. The summed E-state index contributed by atoms with van der Waals surface area (Å²) >= 11 is 0. The van der Waals surface area contributed by atoms with Gasteiger partial charge in [0.2, 0.25) is 0 Å². The second-order valence-electron chi connectivity index (χ2n) is 2.27. The molecule has 0 rings (SSSR count). The van der Waals surface area contributed by atoms with Gasteiger partial charge in [-0.25, -0.2) is 0 Å². The van der Waals surface area contributed by atoms with Crippen molar-refractivity contribution >= 4 is 5.78 Å². The van der Waals surface area contributed by atoms with E-state index in [1.807, 2.05) is 43.4 Å². The number of rotatable bonds is 4. The van der Waals surface area contributed by atoms with Gasteiger partial charge in [0.1, 0.15) is 0 Å². The second-order valence-corrected chi connectivity index (χ2v) is 2.27. The van der Waals surface area contributed by atoms with E-state index >= 15 is 0 Å². The van der Waals surface area contributed by atoms with Crippen LogP contribution in [0.25, 0.3) is 0 Å². The summed E-state index contributed by atoms with van der Waals surface area (Å²) in [5.41, 5.74) is 0. The lowest BCUT2D eigenvalue weighted by atomic mass is 10.3. The van der Waals surface area contributed by atoms with Crippen molar-refractivity contribution in [3.63, 3.8) is 0 Å². The van der Waals surface area contributed by atoms with E-state index in [1.54, 1.807) is 6.08 Å². The van der Waals surface area contributed by atoms with Crippen LogP contribution in [0, 0.1) is 0 Å². The number of hydrogen-bond acceptors (Lipinski definition) is 1. The van der Waals surface area contributed by atoms with Crippen molar-refractivity contribution in [1.82, 2.24) is 0 Å². The third-order valence-electron chi connectivity index (χ3n) is 1.08. The molecule has 12 heavy (non-hydrogen) atoms. The summed E-state index contributed by atoms with van der Waals surface area (Å²) in [5, 5.41) is 0. The molecule has 1 nitrogen and oxygen atoms in total. The average Bonchev–Trinajstić information content (AvgIpc) is 2.02.